The first kappa shape index (κ1) is 13.2. The molecule has 5 nitrogen and oxygen atoms in total. The average Bonchev–Trinajstić information content (AvgIpc) is 2.89. The minimum absolute atomic E-state index is 0.446. The van der Waals surface area contributed by atoms with Crippen molar-refractivity contribution < 1.29 is 0 Å². The van der Waals surface area contributed by atoms with Gasteiger partial charge in [-0.25, -0.2) is 9.97 Å². The fraction of sp³-hybridized carbons (Fsp3) is 0.533. The maximum Gasteiger partial charge on any atom is 0.156 e. The Hall–Kier alpha value is -1.75. The van der Waals surface area contributed by atoms with E-state index in [0.717, 1.165) is 30.9 Å². The Labute approximate surface area is 119 Å². The molecule has 1 aliphatic rings. The molecule has 106 valence electrons. The fourth-order valence-corrected chi connectivity index (χ4v) is 2.57. The van der Waals surface area contributed by atoms with E-state index in [1.807, 2.05) is 18.7 Å². The highest BCUT2D eigenvalue weighted by Crippen LogP contribution is 2.22. The number of nitrogens with one attached hydrogen (secondary N) is 1. The molecule has 2 aromatic rings. The Morgan fingerprint density at radius 1 is 1.25 bits per heavy atom. The molecule has 0 atom stereocenters. The van der Waals surface area contributed by atoms with Gasteiger partial charge in [0, 0.05) is 24.5 Å². The van der Waals surface area contributed by atoms with Crippen molar-refractivity contribution in [3.63, 3.8) is 0 Å². The van der Waals surface area contributed by atoms with Crippen LogP contribution in [0.15, 0.2) is 18.7 Å². The third-order valence-corrected chi connectivity index (χ3v) is 3.64. The summed E-state index contributed by atoms with van der Waals surface area (Å²) in [4.78, 5) is 13.5. The van der Waals surface area contributed by atoms with E-state index in [0.29, 0.717) is 6.04 Å². The molecule has 20 heavy (non-hydrogen) atoms. The van der Waals surface area contributed by atoms with Gasteiger partial charge >= 0.3 is 0 Å². The molecule has 1 aliphatic carbocycles. The summed E-state index contributed by atoms with van der Waals surface area (Å²) in [6.45, 7) is 5.00. The summed E-state index contributed by atoms with van der Waals surface area (Å²) in [6.07, 6.45) is 10.2. The topological polar surface area (TPSA) is 55.6 Å². The van der Waals surface area contributed by atoms with E-state index in [2.05, 4.69) is 33.7 Å². The molecule has 2 heterocycles. The van der Waals surface area contributed by atoms with Crippen LogP contribution in [0.3, 0.4) is 0 Å². The molecule has 5 heteroatoms. The van der Waals surface area contributed by atoms with Crippen LogP contribution in [0.1, 0.15) is 43.8 Å². The van der Waals surface area contributed by atoms with Crippen molar-refractivity contribution in [1.29, 1.82) is 0 Å². The van der Waals surface area contributed by atoms with E-state index < -0.39 is 0 Å². The second-order valence-corrected chi connectivity index (χ2v) is 5.62. The highest BCUT2D eigenvalue weighted by atomic mass is 15.1. The lowest BCUT2D eigenvalue weighted by atomic mass is 10.0. The second-order valence-electron chi connectivity index (χ2n) is 5.62. The number of aryl methyl sites for hydroxylation is 1. The largest absolute Gasteiger partial charge is 0.309 e. The molecule has 1 N–H and O–H groups in total. The van der Waals surface area contributed by atoms with E-state index in [1.54, 1.807) is 0 Å². The Kier molecular flexibility index (Phi) is 3.78. The molecule has 0 aliphatic heterocycles. The smallest absolute Gasteiger partial charge is 0.156 e. The van der Waals surface area contributed by atoms with Gasteiger partial charge in [0.2, 0.25) is 0 Å². The molecule has 0 saturated heterocycles. The molecule has 0 bridgehead atoms. The third-order valence-electron chi connectivity index (χ3n) is 3.64. The minimum atomic E-state index is 0.446. The lowest BCUT2D eigenvalue weighted by Crippen LogP contribution is -2.22. The van der Waals surface area contributed by atoms with Gasteiger partial charge in [-0.3, -0.25) is 9.55 Å². The van der Waals surface area contributed by atoms with Crippen molar-refractivity contribution >= 4 is 0 Å². The first-order valence-corrected chi connectivity index (χ1v) is 7.34. The maximum absolute atomic E-state index is 4.69. The highest BCUT2D eigenvalue weighted by Gasteiger charge is 2.16. The van der Waals surface area contributed by atoms with Crippen LogP contribution in [-0.4, -0.2) is 25.6 Å². The SMILES string of the molecule is CC(C)NCc1cncc(-n2cnc3c2CCCC3)n1. The minimum Gasteiger partial charge on any atom is -0.309 e. The standard InChI is InChI=1S/C15H21N5/c1-11(2)17-8-12-7-16-9-15(19-12)20-10-18-13-5-3-4-6-14(13)20/h7,9-11,17H,3-6,8H2,1-2H3. The van der Waals surface area contributed by atoms with Crippen LogP contribution >= 0.6 is 0 Å². The summed E-state index contributed by atoms with van der Waals surface area (Å²) >= 11 is 0. The normalized spacial score (nSPS) is 14.6. The third kappa shape index (κ3) is 2.72. The lowest BCUT2D eigenvalue weighted by Gasteiger charge is -2.14. The molecule has 0 fully saturated rings. The van der Waals surface area contributed by atoms with Crippen LogP contribution < -0.4 is 5.32 Å². The van der Waals surface area contributed by atoms with Gasteiger partial charge in [-0.1, -0.05) is 13.8 Å². The van der Waals surface area contributed by atoms with Gasteiger partial charge in [-0.2, -0.15) is 0 Å². The van der Waals surface area contributed by atoms with E-state index >= 15 is 0 Å². The van der Waals surface area contributed by atoms with Gasteiger partial charge in [-0.15, -0.1) is 0 Å². The first-order chi connectivity index (χ1) is 9.74. The van der Waals surface area contributed by atoms with Crippen LogP contribution in [-0.2, 0) is 19.4 Å². The number of rotatable bonds is 4. The average molecular weight is 271 g/mol. The van der Waals surface area contributed by atoms with Gasteiger partial charge in [0.05, 0.1) is 17.6 Å². The Bertz CT molecular complexity index is 588. The van der Waals surface area contributed by atoms with Crippen LogP contribution in [0.25, 0.3) is 5.82 Å². The van der Waals surface area contributed by atoms with Gasteiger partial charge in [0.15, 0.2) is 5.82 Å². The quantitative estimate of drug-likeness (QED) is 0.924. The number of aromatic nitrogens is 4. The monoisotopic (exact) mass is 271 g/mol. The summed E-state index contributed by atoms with van der Waals surface area (Å²) < 4.78 is 2.10. The van der Waals surface area contributed by atoms with E-state index in [-0.39, 0.29) is 0 Å². The lowest BCUT2D eigenvalue weighted by molar-refractivity contribution is 0.579. The zero-order chi connectivity index (χ0) is 13.9. The van der Waals surface area contributed by atoms with E-state index in [1.165, 1.54) is 24.2 Å². The highest BCUT2D eigenvalue weighted by molar-refractivity contribution is 5.28. The number of fused-ring (bicyclic) bond motifs is 1. The van der Waals surface area contributed by atoms with Crippen molar-refractivity contribution in [3.05, 3.63) is 35.8 Å². The number of nitrogens with zero attached hydrogens (tertiary/aromatic N) is 4. The van der Waals surface area contributed by atoms with Crippen molar-refractivity contribution in [3.8, 4) is 5.82 Å². The van der Waals surface area contributed by atoms with Gasteiger partial charge in [0.1, 0.15) is 6.33 Å². The van der Waals surface area contributed by atoms with Crippen molar-refractivity contribution in [2.75, 3.05) is 0 Å². The van der Waals surface area contributed by atoms with Gasteiger partial charge in [0.25, 0.3) is 0 Å². The molecular weight excluding hydrogens is 250 g/mol. The Balaban J connectivity index is 1.86. The predicted molar refractivity (Wildman–Crippen MR) is 77.8 cm³/mol. The molecule has 2 aromatic heterocycles. The first-order valence-electron chi connectivity index (χ1n) is 7.34. The Morgan fingerprint density at radius 2 is 2.10 bits per heavy atom. The molecular formula is C15H21N5. The Morgan fingerprint density at radius 3 is 2.95 bits per heavy atom. The van der Waals surface area contributed by atoms with Crippen LogP contribution in [0.2, 0.25) is 0 Å². The molecule has 0 spiro atoms. The van der Waals surface area contributed by atoms with Gasteiger partial charge in [-0.05, 0) is 25.7 Å². The van der Waals surface area contributed by atoms with Crippen molar-refractivity contribution in [2.24, 2.45) is 0 Å². The van der Waals surface area contributed by atoms with Crippen LogP contribution in [0.5, 0.6) is 0 Å². The maximum atomic E-state index is 4.69. The van der Waals surface area contributed by atoms with E-state index in [4.69, 9.17) is 4.98 Å². The van der Waals surface area contributed by atoms with Crippen LogP contribution in [0.4, 0.5) is 0 Å². The second kappa shape index (κ2) is 5.71. The van der Waals surface area contributed by atoms with Crippen LogP contribution in [0, 0.1) is 0 Å². The fourth-order valence-electron chi connectivity index (χ4n) is 2.57. The zero-order valence-corrected chi connectivity index (χ0v) is 12.1. The molecule has 3 rings (SSSR count). The predicted octanol–water partition coefficient (Wildman–Crippen LogP) is 2.04. The summed E-state index contributed by atoms with van der Waals surface area (Å²) in [5.41, 5.74) is 3.50. The molecule has 0 saturated carbocycles. The zero-order valence-electron chi connectivity index (χ0n) is 12.1. The molecule has 0 aromatic carbocycles. The van der Waals surface area contributed by atoms with E-state index in [9.17, 15) is 0 Å². The van der Waals surface area contributed by atoms with Gasteiger partial charge < -0.3 is 5.32 Å². The van der Waals surface area contributed by atoms with Crippen molar-refractivity contribution in [2.45, 2.75) is 52.1 Å². The molecule has 0 amide bonds. The van der Waals surface area contributed by atoms with Crippen molar-refractivity contribution in [1.82, 2.24) is 24.8 Å². The summed E-state index contributed by atoms with van der Waals surface area (Å²) in [6, 6.07) is 0.446. The number of hydrogen-bond acceptors (Lipinski definition) is 4. The summed E-state index contributed by atoms with van der Waals surface area (Å²) in [5.74, 6) is 0.878. The summed E-state index contributed by atoms with van der Waals surface area (Å²) in [5, 5.41) is 3.37. The number of hydrogen-bond donors (Lipinski definition) is 1. The molecule has 0 radical (unpaired) electrons. The number of imidazole rings is 1. The summed E-state index contributed by atoms with van der Waals surface area (Å²) in [7, 11) is 0. The molecule has 0 unspecified atom stereocenters.